The van der Waals surface area contributed by atoms with Gasteiger partial charge in [0, 0.05) is 13.7 Å². The van der Waals surface area contributed by atoms with Crippen LogP contribution in [0.5, 0.6) is 0 Å². The van der Waals surface area contributed by atoms with Crippen molar-refractivity contribution in [1.82, 2.24) is 19.7 Å². The summed E-state index contributed by atoms with van der Waals surface area (Å²) in [6.45, 7) is 1.21. The minimum atomic E-state index is 0.414. The summed E-state index contributed by atoms with van der Waals surface area (Å²) >= 11 is 6.14. The predicted octanol–water partition coefficient (Wildman–Crippen LogP) is 3.11. The van der Waals surface area contributed by atoms with E-state index in [4.69, 9.17) is 16.3 Å². The highest BCUT2D eigenvalue weighted by Gasteiger charge is 2.14. The summed E-state index contributed by atoms with van der Waals surface area (Å²) in [6.07, 6.45) is 8.27. The van der Waals surface area contributed by atoms with Crippen LogP contribution < -0.4 is 0 Å². The van der Waals surface area contributed by atoms with Crippen LogP contribution >= 0.6 is 11.6 Å². The SMILES string of the molecule is Cn1ncc2c(Cl)nc(COCC3CCCCC3)nc21. The van der Waals surface area contributed by atoms with Crippen molar-refractivity contribution in [1.29, 1.82) is 0 Å². The summed E-state index contributed by atoms with van der Waals surface area (Å²) in [5, 5.41) is 5.37. The summed E-state index contributed by atoms with van der Waals surface area (Å²) < 4.78 is 7.47. The third-order valence-corrected chi connectivity index (χ3v) is 4.19. The lowest BCUT2D eigenvalue weighted by molar-refractivity contribution is 0.0701. The molecule has 2 aromatic rings. The van der Waals surface area contributed by atoms with E-state index in [9.17, 15) is 0 Å². The van der Waals surface area contributed by atoms with Gasteiger partial charge in [-0.05, 0) is 18.8 Å². The molecule has 0 aromatic carbocycles. The third-order valence-electron chi connectivity index (χ3n) is 3.90. The van der Waals surface area contributed by atoms with Gasteiger partial charge in [-0.2, -0.15) is 5.10 Å². The van der Waals surface area contributed by atoms with Crippen LogP contribution in [0.3, 0.4) is 0 Å². The molecule has 1 fully saturated rings. The molecule has 2 heterocycles. The average molecular weight is 295 g/mol. The minimum Gasteiger partial charge on any atom is -0.373 e. The topological polar surface area (TPSA) is 52.8 Å². The zero-order chi connectivity index (χ0) is 13.9. The zero-order valence-corrected chi connectivity index (χ0v) is 12.4. The van der Waals surface area contributed by atoms with Crippen LogP contribution in [-0.4, -0.2) is 26.4 Å². The van der Waals surface area contributed by atoms with E-state index in [0.29, 0.717) is 23.5 Å². The highest BCUT2D eigenvalue weighted by atomic mass is 35.5. The van der Waals surface area contributed by atoms with Gasteiger partial charge < -0.3 is 4.74 Å². The van der Waals surface area contributed by atoms with Crippen LogP contribution in [-0.2, 0) is 18.4 Å². The van der Waals surface area contributed by atoms with Crippen LogP contribution in [0.15, 0.2) is 6.20 Å². The Labute approximate surface area is 123 Å². The molecule has 1 saturated carbocycles. The third kappa shape index (κ3) is 2.94. The smallest absolute Gasteiger partial charge is 0.162 e. The number of aromatic nitrogens is 4. The Balaban J connectivity index is 1.63. The normalized spacial score (nSPS) is 16.9. The molecule has 0 spiro atoms. The van der Waals surface area contributed by atoms with Crippen LogP contribution in [0.2, 0.25) is 5.15 Å². The lowest BCUT2D eigenvalue weighted by atomic mass is 9.90. The Kier molecular flexibility index (Phi) is 4.17. The van der Waals surface area contributed by atoms with E-state index in [0.717, 1.165) is 17.6 Å². The molecule has 1 aliphatic rings. The molecule has 0 bridgehead atoms. The lowest BCUT2D eigenvalue weighted by Gasteiger charge is -2.21. The van der Waals surface area contributed by atoms with Gasteiger partial charge in [0.15, 0.2) is 11.5 Å². The quantitative estimate of drug-likeness (QED) is 0.813. The number of halogens is 1. The molecule has 1 aliphatic carbocycles. The summed E-state index contributed by atoms with van der Waals surface area (Å²) in [5.74, 6) is 1.32. The highest BCUT2D eigenvalue weighted by molar-refractivity contribution is 6.33. The van der Waals surface area contributed by atoms with Crippen molar-refractivity contribution in [3.63, 3.8) is 0 Å². The molecule has 6 heteroatoms. The van der Waals surface area contributed by atoms with Crippen LogP contribution in [0.25, 0.3) is 11.0 Å². The van der Waals surface area contributed by atoms with Gasteiger partial charge in [0.1, 0.15) is 11.8 Å². The molecule has 20 heavy (non-hydrogen) atoms. The average Bonchev–Trinajstić information content (AvgIpc) is 2.82. The van der Waals surface area contributed by atoms with Crippen LogP contribution in [0, 0.1) is 5.92 Å². The highest BCUT2D eigenvalue weighted by Crippen LogP contribution is 2.24. The Morgan fingerprint density at radius 2 is 2.10 bits per heavy atom. The fourth-order valence-corrected chi connectivity index (χ4v) is 3.00. The van der Waals surface area contributed by atoms with E-state index in [2.05, 4.69) is 15.1 Å². The largest absolute Gasteiger partial charge is 0.373 e. The number of hydrogen-bond donors (Lipinski definition) is 0. The molecule has 2 aromatic heterocycles. The number of fused-ring (bicyclic) bond motifs is 1. The molecular weight excluding hydrogens is 276 g/mol. The molecule has 0 saturated heterocycles. The van der Waals surface area contributed by atoms with Gasteiger partial charge in [-0.25, -0.2) is 9.97 Å². The molecular formula is C14H19ClN4O. The van der Waals surface area contributed by atoms with Crippen molar-refractivity contribution < 1.29 is 4.74 Å². The molecule has 0 aliphatic heterocycles. The molecule has 3 rings (SSSR count). The molecule has 0 unspecified atom stereocenters. The maximum atomic E-state index is 6.14. The second-order valence-electron chi connectivity index (χ2n) is 5.46. The predicted molar refractivity (Wildman–Crippen MR) is 77.5 cm³/mol. The summed E-state index contributed by atoms with van der Waals surface area (Å²) in [6, 6.07) is 0. The van der Waals surface area contributed by atoms with E-state index in [1.807, 2.05) is 7.05 Å². The van der Waals surface area contributed by atoms with Crippen molar-refractivity contribution in [2.24, 2.45) is 13.0 Å². The number of rotatable bonds is 4. The van der Waals surface area contributed by atoms with Gasteiger partial charge in [-0.1, -0.05) is 30.9 Å². The Morgan fingerprint density at radius 1 is 1.30 bits per heavy atom. The van der Waals surface area contributed by atoms with Gasteiger partial charge in [-0.3, -0.25) is 4.68 Å². The monoisotopic (exact) mass is 294 g/mol. The second-order valence-corrected chi connectivity index (χ2v) is 5.81. The maximum absolute atomic E-state index is 6.14. The van der Waals surface area contributed by atoms with Gasteiger partial charge >= 0.3 is 0 Å². The first-order chi connectivity index (χ1) is 9.74. The number of nitrogens with zero attached hydrogens (tertiary/aromatic N) is 4. The number of ether oxygens (including phenoxy) is 1. The molecule has 5 nitrogen and oxygen atoms in total. The van der Waals surface area contributed by atoms with Crippen molar-refractivity contribution in [2.45, 2.75) is 38.7 Å². The first-order valence-electron chi connectivity index (χ1n) is 7.16. The van der Waals surface area contributed by atoms with Crippen molar-refractivity contribution >= 4 is 22.6 Å². The molecule has 0 radical (unpaired) electrons. The van der Waals surface area contributed by atoms with E-state index < -0.39 is 0 Å². The molecule has 0 atom stereocenters. The van der Waals surface area contributed by atoms with Gasteiger partial charge in [0.25, 0.3) is 0 Å². The second kappa shape index (κ2) is 6.06. The minimum absolute atomic E-state index is 0.414. The van der Waals surface area contributed by atoms with Crippen molar-refractivity contribution in [2.75, 3.05) is 6.61 Å². The van der Waals surface area contributed by atoms with Crippen molar-refractivity contribution in [3.8, 4) is 0 Å². The van der Waals surface area contributed by atoms with E-state index in [1.54, 1.807) is 10.9 Å². The molecule has 0 amide bonds. The van der Waals surface area contributed by atoms with E-state index in [1.165, 1.54) is 32.1 Å². The van der Waals surface area contributed by atoms with Gasteiger partial charge in [0.2, 0.25) is 0 Å². The summed E-state index contributed by atoms with van der Waals surface area (Å²) in [4.78, 5) is 8.73. The van der Waals surface area contributed by atoms with Crippen molar-refractivity contribution in [3.05, 3.63) is 17.2 Å². The maximum Gasteiger partial charge on any atom is 0.162 e. The molecule has 108 valence electrons. The van der Waals surface area contributed by atoms with Crippen LogP contribution in [0.4, 0.5) is 0 Å². The first-order valence-corrected chi connectivity index (χ1v) is 7.53. The van der Waals surface area contributed by atoms with Gasteiger partial charge in [-0.15, -0.1) is 0 Å². The van der Waals surface area contributed by atoms with Crippen LogP contribution in [0.1, 0.15) is 37.9 Å². The zero-order valence-electron chi connectivity index (χ0n) is 11.7. The van der Waals surface area contributed by atoms with E-state index >= 15 is 0 Å². The Hall–Kier alpha value is -1.20. The number of hydrogen-bond acceptors (Lipinski definition) is 4. The lowest BCUT2D eigenvalue weighted by Crippen LogP contribution is -2.14. The fraction of sp³-hybridized carbons (Fsp3) is 0.643. The standard InChI is InChI=1S/C14H19ClN4O/c1-19-14-11(7-16-19)13(15)17-12(18-14)9-20-8-10-5-3-2-4-6-10/h7,10H,2-6,8-9H2,1H3. The Bertz CT molecular complexity index is 592. The van der Waals surface area contributed by atoms with Gasteiger partial charge in [0.05, 0.1) is 11.6 Å². The summed E-state index contributed by atoms with van der Waals surface area (Å²) in [7, 11) is 1.85. The van der Waals surface area contributed by atoms with E-state index in [-0.39, 0.29) is 0 Å². The molecule has 0 N–H and O–H groups in total. The summed E-state index contributed by atoms with van der Waals surface area (Å²) in [5.41, 5.74) is 0.751. The Morgan fingerprint density at radius 3 is 2.90 bits per heavy atom. The first kappa shape index (κ1) is 13.8. The fourth-order valence-electron chi connectivity index (χ4n) is 2.77. The number of aryl methyl sites for hydroxylation is 1.